The number of carbonyl (C=O) groups is 1. The number of rotatable bonds is 8. The van der Waals surface area contributed by atoms with Crippen LogP contribution in [0, 0.1) is 11.8 Å². The van der Waals surface area contributed by atoms with Gasteiger partial charge in [0.1, 0.15) is 0 Å². The first-order valence-electron chi connectivity index (χ1n) is 12.6. The molecule has 1 amide bonds. The zero-order valence-electron chi connectivity index (χ0n) is 20.6. The Kier molecular flexibility index (Phi) is 8.71. The number of carbonyl (C=O) groups excluding carboxylic acids is 1. The van der Waals surface area contributed by atoms with Gasteiger partial charge in [0.25, 0.3) is 5.91 Å². The Morgan fingerprint density at radius 1 is 1.19 bits per heavy atom. The van der Waals surface area contributed by atoms with Gasteiger partial charge in [0, 0.05) is 44.5 Å². The molecular weight excluding hydrogens is 473 g/mol. The molecule has 4 rings (SSSR count). The van der Waals surface area contributed by atoms with Gasteiger partial charge in [0.05, 0.1) is 18.3 Å². The van der Waals surface area contributed by atoms with Crippen molar-refractivity contribution in [2.75, 3.05) is 26.2 Å². The molecule has 36 heavy (non-hydrogen) atoms. The van der Waals surface area contributed by atoms with Gasteiger partial charge < -0.3 is 9.64 Å². The van der Waals surface area contributed by atoms with Crippen LogP contribution in [0.2, 0.25) is 0 Å². The van der Waals surface area contributed by atoms with E-state index in [1.807, 2.05) is 12.3 Å². The fourth-order valence-electron chi connectivity index (χ4n) is 4.92. The number of nitrogens with zero attached hydrogens (tertiary/aromatic N) is 6. The van der Waals surface area contributed by atoms with Crippen LogP contribution >= 0.6 is 0 Å². The summed E-state index contributed by atoms with van der Waals surface area (Å²) in [6.45, 7) is 1.45. The molecule has 2 aliphatic rings. The van der Waals surface area contributed by atoms with Crippen molar-refractivity contribution < 1.29 is 22.7 Å². The molecule has 8 nitrogen and oxygen atoms in total. The van der Waals surface area contributed by atoms with Gasteiger partial charge in [0.2, 0.25) is 5.88 Å². The van der Waals surface area contributed by atoms with Crippen LogP contribution in [0.15, 0.2) is 23.3 Å². The molecule has 1 aliphatic carbocycles. The summed E-state index contributed by atoms with van der Waals surface area (Å²) in [5.41, 5.74) is 2.56. The summed E-state index contributed by atoms with van der Waals surface area (Å²) in [7, 11) is 1.72. The number of amides is 1. The van der Waals surface area contributed by atoms with Crippen LogP contribution in [0.4, 0.5) is 13.2 Å². The minimum absolute atomic E-state index is 0.0373. The van der Waals surface area contributed by atoms with Crippen LogP contribution in [0.3, 0.4) is 0 Å². The molecule has 1 aliphatic heterocycles. The zero-order chi connectivity index (χ0) is 25.5. The molecule has 3 heterocycles. The predicted molar refractivity (Wildman–Crippen MR) is 128 cm³/mol. The highest BCUT2D eigenvalue weighted by Crippen LogP contribution is 2.30. The average Bonchev–Trinajstić information content (AvgIpc) is 3.14. The largest absolute Gasteiger partial charge is 0.468 e. The fraction of sp³-hybridized carbons (Fsp3) is 0.640. The molecule has 0 atom stereocenters. The Hall–Kier alpha value is -2.82. The minimum Gasteiger partial charge on any atom is -0.468 e. The maximum absolute atomic E-state index is 12.4. The van der Waals surface area contributed by atoms with Crippen molar-refractivity contribution in [3.8, 4) is 5.88 Å². The fourth-order valence-corrected chi connectivity index (χ4v) is 4.92. The number of hydrogen-bond donors (Lipinski definition) is 0. The standard InChI is InChI=1S/C25H33F3N6O2/c1-33-30-16-21(32-33)14-23(35)29-15-19-4-2-18(3-5-19)8-11-34-12-9-20-6-7-24(31-22(20)10-13-34)36-17-25(26,27)28/h6-7,15-16,18-19H,2-5,8-14,17H2,1H3/b29-15-. The molecule has 0 N–H and O–H groups in total. The zero-order valence-corrected chi connectivity index (χ0v) is 20.6. The number of hydrogen-bond acceptors (Lipinski definition) is 6. The third-order valence-corrected chi connectivity index (χ3v) is 6.94. The van der Waals surface area contributed by atoms with Gasteiger partial charge in [-0.25, -0.2) is 9.98 Å². The predicted octanol–water partition coefficient (Wildman–Crippen LogP) is 3.59. The van der Waals surface area contributed by atoms with Crippen molar-refractivity contribution in [1.29, 1.82) is 0 Å². The van der Waals surface area contributed by atoms with E-state index in [1.165, 1.54) is 10.9 Å². The summed E-state index contributed by atoms with van der Waals surface area (Å²) in [4.78, 5) is 24.4. The highest BCUT2D eigenvalue weighted by Gasteiger charge is 2.29. The minimum atomic E-state index is -4.37. The van der Waals surface area contributed by atoms with Crippen molar-refractivity contribution in [2.24, 2.45) is 23.9 Å². The van der Waals surface area contributed by atoms with E-state index in [-0.39, 0.29) is 18.2 Å². The molecule has 0 unspecified atom stereocenters. The van der Waals surface area contributed by atoms with Gasteiger partial charge in [0.15, 0.2) is 6.61 Å². The molecule has 0 bridgehead atoms. The monoisotopic (exact) mass is 506 g/mol. The number of pyridine rings is 1. The first-order valence-corrected chi connectivity index (χ1v) is 12.6. The maximum atomic E-state index is 12.4. The number of fused-ring (bicyclic) bond motifs is 1. The van der Waals surface area contributed by atoms with E-state index in [1.54, 1.807) is 13.2 Å². The number of halogens is 3. The van der Waals surface area contributed by atoms with E-state index in [2.05, 4.69) is 25.1 Å². The van der Waals surface area contributed by atoms with Gasteiger partial charge >= 0.3 is 6.18 Å². The molecule has 0 saturated heterocycles. The summed E-state index contributed by atoms with van der Waals surface area (Å²) < 4.78 is 42.1. The Labute approximate surface area is 208 Å². The summed E-state index contributed by atoms with van der Waals surface area (Å²) in [5.74, 6) is 0.860. The number of aryl methyl sites for hydroxylation is 1. The second-order valence-electron chi connectivity index (χ2n) is 9.74. The first kappa shape index (κ1) is 26.2. The van der Waals surface area contributed by atoms with Gasteiger partial charge in [-0.3, -0.25) is 4.79 Å². The van der Waals surface area contributed by atoms with E-state index >= 15 is 0 Å². The van der Waals surface area contributed by atoms with E-state index in [4.69, 9.17) is 4.74 Å². The van der Waals surface area contributed by atoms with Crippen molar-refractivity contribution >= 4 is 12.1 Å². The van der Waals surface area contributed by atoms with Gasteiger partial charge in [-0.05, 0) is 62.5 Å². The topological polar surface area (TPSA) is 85.5 Å². The number of aliphatic imine (C=N–C) groups is 1. The first-order chi connectivity index (χ1) is 17.2. The van der Waals surface area contributed by atoms with Crippen LogP contribution in [-0.4, -0.2) is 69.4 Å². The van der Waals surface area contributed by atoms with Gasteiger partial charge in [-0.1, -0.05) is 6.07 Å². The highest BCUT2D eigenvalue weighted by molar-refractivity contribution is 5.86. The quantitative estimate of drug-likeness (QED) is 0.509. The van der Waals surface area contributed by atoms with Crippen LogP contribution in [-0.2, 0) is 31.1 Å². The van der Waals surface area contributed by atoms with E-state index in [0.717, 1.165) is 69.4 Å². The van der Waals surface area contributed by atoms with Crippen molar-refractivity contribution in [3.63, 3.8) is 0 Å². The lowest BCUT2D eigenvalue weighted by Crippen LogP contribution is -2.29. The van der Waals surface area contributed by atoms with Gasteiger partial charge in [-0.15, -0.1) is 0 Å². The van der Waals surface area contributed by atoms with E-state index < -0.39 is 12.8 Å². The molecule has 0 spiro atoms. The normalized spacial score (nSPS) is 21.3. The summed E-state index contributed by atoms with van der Waals surface area (Å²) in [6, 6.07) is 3.38. The SMILES string of the molecule is Cn1ncc(CC(=O)/N=C\C2CCC(CCN3CCc4ccc(OCC(F)(F)F)nc4CC3)CC2)n1. The highest BCUT2D eigenvalue weighted by atomic mass is 19.4. The Morgan fingerprint density at radius 3 is 2.69 bits per heavy atom. The molecule has 2 aromatic heterocycles. The molecule has 1 fully saturated rings. The maximum Gasteiger partial charge on any atom is 0.422 e. The van der Waals surface area contributed by atoms with Crippen molar-refractivity contribution in [3.05, 3.63) is 35.3 Å². The second-order valence-corrected chi connectivity index (χ2v) is 9.74. The second kappa shape index (κ2) is 11.9. The Morgan fingerprint density at radius 2 is 1.97 bits per heavy atom. The molecule has 1 saturated carbocycles. The van der Waals surface area contributed by atoms with Crippen molar-refractivity contribution in [2.45, 2.75) is 57.5 Å². The molecule has 2 aromatic rings. The summed E-state index contributed by atoms with van der Waals surface area (Å²) in [5, 5.41) is 8.08. The van der Waals surface area contributed by atoms with Crippen molar-refractivity contribution in [1.82, 2.24) is 24.9 Å². The number of ether oxygens (including phenoxy) is 1. The lowest BCUT2D eigenvalue weighted by atomic mass is 9.81. The third kappa shape index (κ3) is 8.11. The molecule has 11 heteroatoms. The summed E-state index contributed by atoms with van der Waals surface area (Å²) >= 11 is 0. The Balaban J connectivity index is 1.16. The molecular formula is C25H33F3N6O2. The van der Waals surface area contributed by atoms with Crippen LogP contribution in [0.1, 0.15) is 49.1 Å². The lowest BCUT2D eigenvalue weighted by molar-refractivity contribution is -0.154. The number of aromatic nitrogens is 4. The third-order valence-electron chi connectivity index (χ3n) is 6.94. The molecule has 0 aromatic carbocycles. The smallest absolute Gasteiger partial charge is 0.422 e. The number of alkyl halides is 3. The lowest BCUT2D eigenvalue weighted by Gasteiger charge is -2.28. The molecule has 0 radical (unpaired) electrons. The van der Waals surface area contributed by atoms with E-state index in [9.17, 15) is 18.0 Å². The van der Waals surface area contributed by atoms with Gasteiger partial charge in [-0.2, -0.15) is 28.2 Å². The Bertz CT molecular complexity index is 1050. The average molecular weight is 507 g/mol. The molecule has 196 valence electrons. The van der Waals surface area contributed by atoms with E-state index in [0.29, 0.717) is 24.0 Å². The summed E-state index contributed by atoms with van der Waals surface area (Å²) in [6.07, 6.45) is 6.24. The van der Waals surface area contributed by atoms with Crippen LogP contribution < -0.4 is 4.74 Å². The van der Waals surface area contributed by atoms with Crippen LogP contribution in [0.25, 0.3) is 0 Å². The van der Waals surface area contributed by atoms with Crippen LogP contribution in [0.5, 0.6) is 5.88 Å².